The Balaban J connectivity index is 1.52. The zero-order valence-corrected chi connectivity index (χ0v) is 18.2. The van der Waals surface area contributed by atoms with Crippen LogP contribution in [0.1, 0.15) is 21.8 Å². The fourth-order valence-corrected chi connectivity index (χ4v) is 4.63. The highest BCUT2D eigenvalue weighted by atomic mass is 32.2. The lowest BCUT2D eigenvalue weighted by atomic mass is 10.2. The van der Waals surface area contributed by atoms with Crippen molar-refractivity contribution in [2.24, 2.45) is 0 Å². The molecule has 1 N–H and O–H groups in total. The number of thioether (sulfide) groups is 1. The number of hydrogen-bond donors (Lipinski definition) is 1. The summed E-state index contributed by atoms with van der Waals surface area (Å²) < 4.78 is 2.03. The number of rotatable bonds is 8. The maximum atomic E-state index is 12.3. The van der Waals surface area contributed by atoms with Crippen molar-refractivity contribution >= 4 is 29.0 Å². The summed E-state index contributed by atoms with van der Waals surface area (Å²) in [6.07, 6.45) is 0.381. The second-order valence-electron chi connectivity index (χ2n) is 6.88. The molecule has 0 fully saturated rings. The van der Waals surface area contributed by atoms with Gasteiger partial charge in [0.2, 0.25) is 5.91 Å². The molecule has 0 saturated heterocycles. The number of hydrogen-bond acceptors (Lipinski definition) is 5. The molecular formula is C23H22N4OS2. The Hall–Kier alpha value is -2.90. The number of aryl methyl sites for hydroxylation is 1. The van der Waals surface area contributed by atoms with Crippen LogP contribution in [0.3, 0.4) is 0 Å². The molecule has 5 nitrogen and oxygen atoms in total. The van der Waals surface area contributed by atoms with Crippen LogP contribution in [-0.4, -0.2) is 20.7 Å². The first-order valence-electron chi connectivity index (χ1n) is 9.66. The summed E-state index contributed by atoms with van der Waals surface area (Å²) in [6.45, 7) is 2.39. The van der Waals surface area contributed by atoms with Crippen molar-refractivity contribution in [2.75, 3.05) is 0 Å². The quantitative estimate of drug-likeness (QED) is 0.405. The zero-order valence-electron chi connectivity index (χ0n) is 16.6. The molecule has 2 aromatic heterocycles. The number of aromatic nitrogens is 3. The molecule has 0 aliphatic heterocycles. The van der Waals surface area contributed by atoms with Crippen molar-refractivity contribution in [3.63, 3.8) is 0 Å². The maximum Gasteiger partial charge on any atom is 0.225 e. The van der Waals surface area contributed by atoms with Gasteiger partial charge in [-0.25, -0.2) is 0 Å². The smallest absolute Gasteiger partial charge is 0.225 e. The van der Waals surface area contributed by atoms with Crippen LogP contribution >= 0.6 is 23.1 Å². The van der Waals surface area contributed by atoms with Crippen LogP contribution in [-0.2, 0) is 23.5 Å². The van der Waals surface area contributed by atoms with E-state index in [1.165, 1.54) is 11.1 Å². The Morgan fingerprint density at radius 3 is 2.57 bits per heavy atom. The largest absolute Gasteiger partial charge is 0.348 e. The fourth-order valence-electron chi connectivity index (χ4n) is 3.00. The molecule has 4 aromatic rings. The summed E-state index contributed by atoms with van der Waals surface area (Å²) >= 11 is 3.22. The number of carbonyl (C=O) groups is 1. The molecule has 152 valence electrons. The third kappa shape index (κ3) is 5.17. The molecule has 0 radical (unpaired) electrons. The number of benzene rings is 2. The summed E-state index contributed by atoms with van der Waals surface area (Å²) in [5.74, 6) is 1.50. The van der Waals surface area contributed by atoms with Crippen LogP contribution in [0.2, 0.25) is 0 Å². The third-order valence-electron chi connectivity index (χ3n) is 4.56. The van der Waals surface area contributed by atoms with Gasteiger partial charge in [-0.15, -0.1) is 21.5 Å². The number of thiophene rings is 1. The topological polar surface area (TPSA) is 59.8 Å². The van der Waals surface area contributed by atoms with E-state index in [4.69, 9.17) is 0 Å². The van der Waals surface area contributed by atoms with E-state index in [0.717, 1.165) is 21.5 Å². The lowest BCUT2D eigenvalue weighted by Gasteiger charge is -2.11. The Kier molecular flexibility index (Phi) is 6.61. The van der Waals surface area contributed by atoms with E-state index in [1.54, 1.807) is 23.1 Å². The van der Waals surface area contributed by atoms with Crippen molar-refractivity contribution in [1.82, 2.24) is 20.1 Å². The van der Waals surface area contributed by atoms with Gasteiger partial charge in [-0.1, -0.05) is 65.9 Å². The second-order valence-corrected chi connectivity index (χ2v) is 8.85. The van der Waals surface area contributed by atoms with E-state index in [9.17, 15) is 4.79 Å². The predicted octanol–water partition coefficient (Wildman–Crippen LogP) is 4.79. The van der Waals surface area contributed by atoms with Gasteiger partial charge < -0.3 is 5.32 Å². The average molecular weight is 435 g/mol. The summed E-state index contributed by atoms with van der Waals surface area (Å²) in [5.41, 5.74) is 3.41. The normalized spacial score (nSPS) is 10.8. The van der Waals surface area contributed by atoms with Gasteiger partial charge in [0.15, 0.2) is 11.0 Å². The molecule has 0 saturated carbocycles. The molecule has 0 aliphatic rings. The lowest BCUT2D eigenvalue weighted by molar-refractivity contribution is -0.120. The highest BCUT2D eigenvalue weighted by Gasteiger charge is 2.16. The van der Waals surface area contributed by atoms with E-state index in [0.29, 0.717) is 18.8 Å². The van der Waals surface area contributed by atoms with E-state index < -0.39 is 0 Å². The van der Waals surface area contributed by atoms with Crippen LogP contribution in [0.5, 0.6) is 0 Å². The van der Waals surface area contributed by atoms with Crippen LogP contribution in [0.25, 0.3) is 5.69 Å². The van der Waals surface area contributed by atoms with Gasteiger partial charge in [0.25, 0.3) is 0 Å². The fraction of sp³-hybridized carbons (Fsp3) is 0.174. The molecule has 0 atom stereocenters. The maximum absolute atomic E-state index is 12.3. The van der Waals surface area contributed by atoms with Gasteiger partial charge in [-0.3, -0.25) is 9.36 Å². The van der Waals surface area contributed by atoms with Crippen molar-refractivity contribution < 1.29 is 4.79 Å². The number of carbonyl (C=O) groups excluding carboxylic acids is 1. The highest BCUT2D eigenvalue weighted by molar-refractivity contribution is 7.98. The Morgan fingerprint density at radius 1 is 1.03 bits per heavy atom. The van der Waals surface area contributed by atoms with E-state index >= 15 is 0 Å². The van der Waals surface area contributed by atoms with Gasteiger partial charge >= 0.3 is 0 Å². The van der Waals surface area contributed by atoms with E-state index in [-0.39, 0.29) is 5.91 Å². The summed E-state index contributed by atoms with van der Waals surface area (Å²) in [5, 5.41) is 14.6. The molecule has 2 aromatic carbocycles. The molecule has 0 aliphatic carbocycles. The summed E-state index contributed by atoms with van der Waals surface area (Å²) in [7, 11) is 0. The van der Waals surface area contributed by atoms with Crippen molar-refractivity contribution in [2.45, 2.75) is 30.8 Å². The SMILES string of the molecule is Cc1ccc(-n2c(CNC(=O)Cc3cccs3)nnc2SCc2ccccc2)cc1. The monoisotopic (exact) mass is 434 g/mol. The summed E-state index contributed by atoms with van der Waals surface area (Å²) in [6, 6.07) is 22.5. The van der Waals surface area contributed by atoms with Crippen LogP contribution in [0.4, 0.5) is 0 Å². The van der Waals surface area contributed by atoms with E-state index in [2.05, 4.69) is 58.8 Å². The first-order chi connectivity index (χ1) is 14.7. The Bertz CT molecular complexity index is 1090. The number of amides is 1. The predicted molar refractivity (Wildman–Crippen MR) is 122 cm³/mol. The van der Waals surface area contributed by atoms with Crippen LogP contribution in [0, 0.1) is 6.92 Å². The minimum absolute atomic E-state index is 0.0191. The third-order valence-corrected chi connectivity index (χ3v) is 6.44. The van der Waals surface area contributed by atoms with Crippen LogP contribution in [0.15, 0.2) is 77.3 Å². The van der Waals surface area contributed by atoms with Gasteiger partial charge in [-0.05, 0) is 36.1 Å². The molecule has 4 rings (SSSR count). The van der Waals surface area contributed by atoms with Gasteiger partial charge in [0.1, 0.15) is 0 Å². The van der Waals surface area contributed by atoms with E-state index in [1.807, 2.05) is 40.3 Å². The molecule has 0 unspecified atom stereocenters. The highest BCUT2D eigenvalue weighted by Crippen LogP contribution is 2.25. The molecule has 0 bridgehead atoms. The second kappa shape index (κ2) is 9.73. The molecule has 1 amide bonds. The minimum Gasteiger partial charge on any atom is -0.348 e. The van der Waals surface area contributed by atoms with Crippen molar-refractivity contribution in [3.05, 3.63) is 93.9 Å². The van der Waals surface area contributed by atoms with Crippen molar-refractivity contribution in [1.29, 1.82) is 0 Å². The Labute approximate surface area is 184 Å². The van der Waals surface area contributed by atoms with Gasteiger partial charge in [0.05, 0.1) is 13.0 Å². The van der Waals surface area contributed by atoms with Gasteiger partial charge in [-0.2, -0.15) is 0 Å². The zero-order chi connectivity index (χ0) is 20.8. The first kappa shape index (κ1) is 20.4. The minimum atomic E-state index is -0.0191. The number of nitrogens with zero attached hydrogens (tertiary/aromatic N) is 3. The van der Waals surface area contributed by atoms with Crippen molar-refractivity contribution in [3.8, 4) is 5.69 Å². The molecular weight excluding hydrogens is 412 g/mol. The van der Waals surface area contributed by atoms with Crippen LogP contribution < -0.4 is 5.32 Å². The molecule has 0 spiro atoms. The van der Waals surface area contributed by atoms with Gasteiger partial charge in [0, 0.05) is 16.3 Å². The first-order valence-corrected chi connectivity index (χ1v) is 11.5. The standard InChI is InChI=1S/C23H22N4OS2/c1-17-9-11-19(12-10-17)27-21(15-24-22(28)14-20-8-5-13-29-20)25-26-23(27)30-16-18-6-3-2-4-7-18/h2-13H,14-16H2,1H3,(H,24,28). The Morgan fingerprint density at radius 2 is 1.83 bits per heavy atom. The molecule has 30 heavy (non-hydrogen) atoms. The average Bonchev–Trinajstić information content (AvgIpc) is 3.42. The number of nitrogens with one attached hydrogen (secondary N) is 1. The molecule has 2 heterocycles. The molecule has 7 heteroatoms. The summed E-state index contributed by atoms with van der Waals surface area (Å²) in [4.78, 5) is 13.4. The lowest BCUT2D eigenvalue weighted by Crippen LogP contribution is -2.26.